The number of anilines is 1. The minimum absolute atomic E-state index is 0.0326. The third-order valence-corrected chi connectivity index (χ3v) is 3.88. The van der Waals surface area contributed by atoms with E-state index >= 15 is 0 Å². The summed E-state index contributed by atoms with van der Waals surface area (Å²) >= 11 is 0. The highest BCUT2D eigenvalue weighted by Crippen LogP contribution is 2.09. The van der Waals surface area contributed by atoms with E-state index in [-0.39, 0.29) is 24.3 Å². The Morgan fingerprint density at radius 3 is 2.44 bits per heavy atom. The van der Waals surface area contributed by atoms with Crippen molar-refractivity contribution in [3.05, 3.63) is 42.5 Å². The largest absolute Gasteiger partial charge is 0.338 e. The number of nitrogens with zero attached hydrogens (tertiary/aromatic N) is 6. The Morgan fingerprint density at radius 1 is 1.12 bits per heavy atom. The molecule has 1 aromatic heterocycles. The molecule has 1 aliphatic rings. The number of amides is 3. The van der Waals surface area contributed by atoms with Gasteiger partial charge in [0.05, 0.1) is 0 Å². The second-order valence-electron chi connectivity index (χ2n) is 5.54. The summed E-state index contributed by atoms with van der Waals surface area (Å²) in [5, 5.41) is 15.4. The number of carbonyl (C=O) groups is 2. The second kappa shape index (κ2) is 7.44. The van der Waals surface area contributed by atoms with Crippen molar-refractivity contribution in [2.75, 3.05) is 31.5 Å². The maximum atomic E-state index is 12.3. The summed E-state index contributed by atoms with van der Waals surface area (Å²) in [5.41, 5.74) is 0.741. The number of hydrogen-bond donors (Lipinski definition) is 1. The molecule has 0 spiro atoms. The Morgan fingerprint density at radius 2 is 1.80 bits per heavy atom. The lowest BCUT2D eigenvalue weighted by atomic mass is 10.3. The molecule has 128 valence electrons. The van der Waals surface area contributed by atoms with Gasteiger partial charge in [-0.3, -0.25) is 4.79 Å². The lowest BCUT2D eigenvalue weighted by Crippen LogP contribution is -2.52. The van der Waals surface area contributed by atoms with Crippen LogP contribution in [0.3, 0.4) is 0 Å². The molecule has 1 aromatic carbocycles. The van der Waals surface area contributed by atoms with E-state index in [2.05, 4.69) is 15.4 Å². The molecular weight excluding hydrogens is 322 g/mol. The number of carbonyl (C=O) groups excluding carboxylic acids is 2. The Labute approximate surface area is 144 Å². The molecule has 25 heavy (non-hydrogen) atoms. The van der Waals surface area contributed by atoms with Crippen molar-refractivity contribution in [1.82, 2.24) is 24.6 Å². The van der Waals surface area contributed by atoms with E-state index in [0.717, 1.165) is 5.69 Å². The van der Waals surface area contributed by atoms with Gasteiger partial charge in [0.1, 0.15) is 18.9 Å². The van der Waals surface area contributed by atoms with E-state index in [1.54, 1.807) is 9.80 Å². The average Bonchev–Trinajstić information content (AvgIpc) is 3.10. The van der Waals surface area contributed by atoms with Crippen LogP contribution in [0.5, 0.6) is 0 Å². The quantitative estimate of drug-likeness (QED) is 0.877. The molecule has 2 aromatic rings. The smallest absolute Gasteiger partial charge is 0.321 e. The molecule has 3 rings (SSSR count). The predicted molar refractivity (Wildman–Crippen MR) is 88.4 cm³/mol. The first-order valence-electron chi connectivity index (χ1n) is 7.84. The zero-order chi connectivity index (χ0) is 17.6. The second-order valence-corrected chi connectivity index (χ2v) is 5.54. The first-order valence-corrected chi connectivity index (χ1v) is 7.84. The molecule has 0 saturated carbocycles. The number of nitriles is 1. The van der Waals surface area contributed by atoms with Gasteiger partial charge in [-0.2, -0.15) is 5.26 Å². The van der Waals surface area contributed by atoms with Gasteiger partial charge in [0.25, 0.3) is 5.82 Å². The molecule has 1 N–H and O–H groups in total. The Bertz CT molecular complexity index is 788. The van der Waals surface area contributed by atoms with Gasteiger partial charge in [-0.15, -0.1) is 5.10 Å². The van der Waals surface area contributed by atoms with Gasteiger partial charge in [-0.05, 0) is 12.1 Å². The van der Waals surface area contributed by atoms with Crippen molar-refractivity contribution < 1.29 is 9.59 Å². The predicted octanol–water partition coefficient (Wildman–Crippen LogP) is 0.526. The molecule has 0 bridgehead atoms. The molecule has 0 radical (unpaired) electrons. The summed E-state index contributed by atoms with van der Waals surface area (Å²) in [4.78, 5) is 31.6. The van der Waals surface area contributed by atoms with Crippen molar-refractivity contribution >= 4 is 17.6 Å². The van der Waals surface area contributed by atoms with Gasteiger partial charge >= 0.3 is 6.03 Å². The molecule has 1 fully saturated rings. The fourth-order valence-corrected chi connectivity index (χ4v) is 2.54. The van der Waals surface area contributed by atoms with Crippen LogP contribution in [0.4, 0.5) is 10.5 Å². The average molecular weight is 339 g/mol. The van der Waals surface area contributed by atoms with Crippen molar-refractivity contribution in [2.24, 2.45) is 0 Å². The highest BCUT2D eigenvalue weighted by Gasteiger charge is 2.24. The third kappa shape index (κ3) is 4.11. The molecule has 0 atom stereocenters. The number of hydrogen-bond acceptors (Lipinski definition) is 5. The van der Waals surface area contributed by atoms with E-state index < -0.39 is 0 Å². The number of aromatic nitrogens is 3. The van der Waals surface area contributed by atoms with Crippen molar-refractivity contribution in [3.8, 4) is 6.07 Å². The Kier molecular flexibility index (Phi) is 4.89. The van der Waals surface area contributed by atoms with Gasteiger partial charge in [-0.25, -0.2) is 14.5 Å². The summed E-state index contributed by atoms with van der Waals surface area (Å²) in [7, 11) is 0. The summed E-state index contributed by atoms with van der Waals surface area (Å²) < 4.78 is 1.34. The van der Waals surface area contributed by atoms with Crippen LogP contribution >= 0.6 is 0 Å². The molecule has 0 aliphatic carbocycles. The maximum Gasteiger partial charge on any atom is 0.321 e. The lowest BCUT2D eigenvalue weighted by Gasteiger charge is -2.34. The minimum atomic E-state index is -0.173. The molecule has 2 heterocycles. The summed E-state index contributed by atoms with van der Waals surface area (Å²) in [5.74, 6) is -0.0762. The molecule has 1 aliphatic heterocycles. The fourth-order valence-electron chi connectivity index (χ4n) is 2.54. The highest BCUT2D eigenvalue weighted by atomic mass is 16.2. The molecule has 9 heteroatoms. The standard InChI is InChI=1S/C16H17N7O2/c17-10-14-18-12-23(20-14)11-15(24)21-6-8-22(9-7-21)16(25)19-13-4-2-1-3-5-13/h1-5,12H,6-9,11H2,(H,19,25). The number of nitrogens with one attached hydrogen (secondary N) is 1. The normalized spacial score (nSPS) is 14.0. The van der Waals surface area contributed by atoms with Crippen molar-refractivity contribution in [3.63, 3.8) is 0 Å². The monoisotopic (exact) mass is 339 g/mol. The van der Waals surface area contributed by atoms with E-state index in [1.807, 2.05) is 36.4 Å². The van der Waals surface area contributed by atoms with Crippen LogP contribution in [0.15, 0.2) is 36.7 Å². The number of benzene rings is 1. The minimum Gasteiger partial charge on any atom is -0.338 e. The topological polar surface area (TPSA) is 107 Å². The first kappa shape index (κ1) is 16.4. The van der Waals surface area contributed by atoms with Crippen molar-refractivity contribution in [1.29, 1.82) is 5.26 Å². The van der Waals surface area contributed by atoms with Crippen LogP contribution in [0.2, 0.25) is 0 Å². The Hall–Kier alpha value is -3.41. The van der Waals surface area contributed by atoms with Gasteiger partial charge in [-0.1, -0.05) is 18.2 Å². The molecular formula is C16H17N7O2. The molecule has 3 amide bonds. The van der Waals surface area contributed by atoms with E-state index in [9.17, 15) is 9.59 Å². The SMILES string of the molecule is N#Cc1ncn(CC(=O)N2CCN(C(=O)Nc3ccccc3)CC2)n1. The van der Waals surface area contributed by atoms with Gasteiger partial charge in [0.2, 0.25) is 5.91 Å². The van der Waals surface area contributed by atoms with Crippen LogP contribution in [0, 0.1) is 11.3 Å². The van der Waals surface area contributed by atoms with E-state index in [1.165, 1.54) is 11.0 Å². The number of rotatable bonds is 3. The number of urea groups is 1. The van der Waals surface area contributed by atoms with Crippen molar-refractivity contribution in [2.45, 2.75) is 6.54 Å². The summed E-state index contributed by atoms with van der Waals surface area (Å²) in [6.45, 7) is 1.88. The zero-order valence-corrected chi connectivity index (χ0v) is 13.5. The molecule has 1 saturated heterocycles. The van der Waals surface area contributed by atoms with Crippen LogP contribution in [0.1, 0.15) is 5.82 Å². The third-order valence-electron chi connectivity index (χ3n) is 3.88. The van der Waals surface area contributed by atoms with Gasteiger partial charge < -0.3 is 15.1 Å². The Balaban J connectivity index is 1.48. The van der Waals surface area contributed by atoms with Gasteiger partial charge in [0, 0.05) is 31.9 Å². The highest BCUT2D eigenvalue weighted by molar-refractivity contribution is 5.89. The first-order chi connectivity index (χ1) is 12.2. The van der Waals surface area contributed by atoms with Crippen LogP contribution in [-0.2, 0) is 11.3 Å². The fraction of sp³-hybridized carbons (Fsp3) is 0.312. The number of para-hydroxylation sites is 1. The van der Waals surface area contributed by atoms with E-state index in [0.29, 0.717) is 26.2 Å². The molecule has 9 nitrogen and oxygen atoms in total. The van der Waals surface area contributed by atoms with Crippen LogP contribution < -0.4 is 5.32 Å². The van der Waals surface area contributed by atoms with Gasteiger partial charge in [0.15, 0.2) is 0 Å². The van der Waals surface area contributed by atoms with Crippen LogP contribution in [-0.4, -0.2) is 62.7 Å². The maximum absolute atomic E-state index is 12.3. The zero-order valence-electron chi connectivity index (χ0n) is 13.5. The molecule has 0 unspecified atom stereocenters. The summed E-state index contributed by atoms with van der Waals surface area (Å²) in [6.07, 6.45) is 1.36. The lowest BCUT2D eigenvalue weighted by molar-refractivity contribution is -0.133. The number of piperazine rings is 1. The van der Waals surface area contributed by atoms with Crippen LogP contribution in [0.25, 0.3) is 0 Å². The summed E-state index contributed by atoms with van der Waals surface area (Å²) in [6, 6.07) is 10.9. The van der Waals surface area contributed by atoms with E-state index in [4.69, 9.17) is 5.26 Å².